The zero-order chi connectivity index (χ0) is 18.0. The minimum atomic E-state index is 0. The monoisotopic (exact) mass is 527 g/mol. The van der Waals surface area contributed by atoms with Gasteiger partial charge < -0.3 is 0 Å². The van der Waals surface area contributed by atoms with Gasteiger partial charge in [-0.2, -0.15) is 15.3 Å². The quantitative estimate of drug-likeness (QED) is 0.449. The van der Waals surface area contributed by atoms with E-state index in [-0.39, 0.29) is 19.1 Å². The molecule has 0 fully saturated rings. The van der Waals surface area contributed by atoms with Crippen LogP contribution in [0, 0.1) is 41.5 Å². The average Bonchev–Trinajstić information content (AvgIpc) is 3.18. The van der Waals surface area contributed by atoms with Crippen molar-refractivity contribution >= 4 is 35.5 Å². The normalized spacial score (nSPS) is 10.0. The summed E-state index contributed by atoms with van der Waals surface area (Å²) in [6, 6.07) is 0. The molecule has 3 rings (SSSR count). The Kier molecular flexibility index (Phi) is 7.87. The third-order valence-corrected chi connectivity index (χ3v) is 4.42. The fourth-order valence-corrected chi connectivity index (χ4v) is 3.39. The van der Waals surface area contributed by atoms with Crippen LogP contribution in [0.2, 0.25) is 4.68 Å². The summed E-state index contributed by atoms with van der Waals surface area (Å²) in [7, 11) is 0. The summed E-state index contributed by atoms with van der Waals surface area (Å²) in [5, 5.41) is 22.5. The third kappa shape index (κ3) is 4.00. The average molecular weight is 526 g/mol. The number of nitrogens with zero attached hydrogens (tertiary/aromatic N) is 3. The molecule has 3 N–H and O–H groups in total. The van der Waals surface area contributed by atoms with E-state index in [0.717, 1.165) is 34.2 Å². The Labute approximate surface area is 170 Å². The molecule has 0 atom stereocenters. The molecule has 6 nitrogen and oxygen atoms in total. The summed E-state index contributed by atoms with van der Waals surface area (Å²) in [5.41, 5.74) is 9.93. The summed E-state index contributed by atoms with van der Waals surface area (Å²) in [5.74, 6) is 0. The van der Waals surface area contributed by atoms with Crippen molar-refractivity contribution in [2.24, 2.45) is 0 Å². The Bertz CT molecular complexity index is 669. The maximum absolute atomic E-state index is 4.39. The van der Waals surface area contributed by atoms with E-state index in [1.165, 1.54) is 40.8 Å². The summed E-state index contributed by atoms with van der Waals surface area (Å²) >= 11 is 1.31. The van der Waals surface area contributed by atoms with Gasteiger partial charge in [0, 0.05) is 17.1 Å². The van der Waals surface area contributed by atoms with E-state index >= 15 is 0 Å². The zero-order valence-electron chi connectivity index (χ0n) is 15.8. The first-order valence-electron chi connectivity index (χ1n) is 7.96. The number of aryl methyl sites for hydroxylation is 6. The first kappa shape index (κ1) is 21.9. The van der Waals surface area contributed by atoms with Gasteiger partial charge in [0.25, 0.3) is 6.71 Å². The number of aromatic amines is 3. The molecule has 0 amide bonds. The van der Waals surface area contributed by atoms with E-state index in [1.54, 1.807) is 0 Å². The first-order valence-corrected chi connectivity index (χ1v) is 11.6. The van der Waals surface area contributed by atoms with E-state index in [2.05, 4.69) is 56.0 Å². The molecule has 3 aromatic heterocycles. The van der Waals surface area contributed by atoms with Crippen molar-refractivity contribution in [1.29, 1.82) is 0 Å². The topological polar surface area (TPSA) is 86.0 Å². The fourth-order valence-electron chi connectivity index (χ4n) is 3.39. The molecule has 9 heteroatoms. The van der Waals surface area contributed by atoms with Crippen molar-refractivity contribution in [1.82, 2.24) is 30.6 Å². The van der Waals surface area contributed by atoms with Gasteiger partial charge in [-0.3, -0.25) is 15.3 Å². The number of halogens is 1. The second kappa shape index (κ2) is 8.99. The summed E-state index contributed by atoms with van der Waals surface area (Å²) in [6.07, 6.45) is 0. The Morgan fingerprint density at radius 1 is 0.600 bits per heavy atom. The molecule has 0 aliphatic heterocycles. The molecule has 0 saturated heterocycles. The van der Waals surface area contributed by atoms with Gasteiger partial charge in [0.05, 0.1) is 17.1 Å². The molecule has 0 aromatic carbocycles. The van der Waals surface area contributed by atoms with Crippen LogP contribution < -0.4 is 16.4 Å². The van der Waals surface area contributed by atoms with E-state index < -0.39 is 0 Å². The van der Waals surface area contributed by atoms with Crippen LogP contribution in [0.4, 0.5) is 0 Å². The van der Waals surface area contributed by atoms with E-state index in [1.807, 2.05) is 20.8 Å². The third-order valence-electron chi connectivity index (χ3n) is 4.42. The molecule has 0 aliphatic carbocycles. The van der Waals surface area contributed by atoms with Crippen LogP contribution in [0.3, 0.4) is 0 Å². The van der Waals surface area contributed by atoms with Gasteiger partial charge in [-0.15, -0.1) is 12.4 Å². The van der Waals surface area contributed by atoms with Crippen LogP contribution in [0.1, 0.15) is 34.2 Å². The standard InChI is InChI=1S/C15H21BN6.CH3.ClH.Hf/c1-7-13(8(2)18-17-7)16(14-9(3)19-20-10(14)4)15-11(5)21-22-12(15)6;;;/h1-6H3,(H,17,18)(H,19,20)(H,21,22);1H3;1H;. The second-order valence-corrected chi connectivity index (χ2v) is 5.98. The summed E-state index contributed by atoms with van der Waals surface area (Å²) in [4.78, 5) is 0. The zero-order valence-corrected chi connectivity index (χ0v) is 20.2. The number of rotatable bonds is 3. The Hall–Kier alpha value is -1.14. The number of aromatic nitrogens is 6. The number of hydrogen-bond donors (Lipinski definition) is 3. The van der Waals surface area contributed by atoms with Crippen molar-refractivity contribution < 1.29 is 24.4 Å². The molecule has 0 radical (unpaired) electrons. The molecule has 0 aliphatic rings. The molecule has 0 unspecified atom stereocenters. The van der Waals surface area contributed by atoms with Gasteiger partial charge in [-0.05, 0) is 57.9 Å². The first-order chi connectivity index (χ1) is 11.4. The van der Waals surface area contributed by atoms with Crippen molar-refractivity contribution in [3.05, 3.63) is 34.2 Å². The van der Waals surface area contributed by atoms with Gasteiger partial charge >= 0.3 is 29.1 Å². The van der Waals surface area contributed by atoms with E-state index in [4.69, 9.17) is 0 Å². The van der Waals surface area contributed by atoms with Crippen LogP contribution in [0.5, 0.6) is 0 Å². The predicted octanol–water partition coefficient (Wildman–Crippen LogP) is 1.23. The van der Waals surface area contributed by atoms with Gasteiger partial charge in [0.2, 0.25) is 0 Å². The van der Waals surface area contributed by atoms with Gasteiger partial charge in [0.1, 0.15) is 0 Å². The number of H-pyrrole nitrogens is 3. The fraction of sp³-hybridized carbons (Fsp3) is 0.438. The molecular weight excluding hydrogens is 501 g/mol. The molecule has 3 heterocycles. The molecule has 0 saturated carbocycles. The Morgan fingerprint density at radius 2 is 0.840 bits per heavy atom. The number of hydrogen-bond acceptors (Lipinski definition) is 3. The molecule has 0 spiro atoms. The predicted molar refractivity (Wildman–Crippen MR) is 102 cm³/mol. The van der Waals surface area contributed by atoms with Crippen LogP contribution in [0.25, 0.3) is 0 Å². The van der Waals surface area contributed by atoms with Gasteiger partial charge in [-0.25, -0.2) is 0 Å². The second-order valence-electron chi connectivity index (χ2n) is 5.98. The summed E-state index contributed by atoms with van der Waals surface area (Å²) in [6.45, 7) is 12.4. The molecule has 133 valence electrons. The Balaban J connectivity index is 0.00000101. The van der Waals surface area contributed by atoms with Crippen molar-refractivity contribution in [2.75, 3.05) is 0 Å². The molecular formula is C16H25BClHfN6. The van der Waals surface area contributed by atoms with Crippen molar-refractivity contribution in [2.45, 2.75) is 46.2 Å². The van der Waals surface area contributed by atoms with Gasteiger partial charge in [0.15, 0.2) is 0 Å². The van der Waals surface area contributed by atoms with E-state index in [9.17, 15) is 0 Å². The molecule has 0 bridgehead atoms. The summed E-state index contributed by atoms with van der Waals surface area (Å²) < 4.78 is 2.14. The van der Waals surface area contributed by atoms with Gasteiger partial charge in [-0.1, -0.05) is 0 Å². The van der Waals surface area contributed by atoms with Crippen LogP contribution >= 0.6 is 12.4 Å². The SMILES string of the molecule is Cc1n[nH]c(C)c1B(c1c(C)n[nH]c1C)c1c(C)n[nH]c1C.Cl.[CH3][Hf]. The van der Waals surface area contributed by atoms with Crippen molar-refractivity contribution in [3.8, 4) is 0 Å². The molecule has 25 heavy (non-hydrogen) atoms. The van der Waals surface area contributed by atoms with E-state index in [0.29, 0.717) is 0 Å². The molecule has 3 aromatic rings. The van der Waals surface area contributed by atoms with Crippen molar-refractivity contribution in [3.63, 3.8) is 0 Å². The van der Waals surface area contributed by atoms with Crippen LogP contribution in [0.15, 0.2) is 0 Å². The number of nitrogens with one attached hydrogen (secondary N) is 3. The maximum atomic E-state index is 4.39. The minimum absolute atomic E-state index is 0. The Morgan fingerprint density at radius 3 is 1.00 bits per heavy atom. The van der Waals surface area contributed by atoms with Crippen LogP contribution in [-0.4, -0.2) is 37.3 Å². The van der Waals surface area contributed by atoms with Crippen LogP contribution in [-0.2, 0) is 24.4 Å².